The molecule has 0 bridgehead atoms. The van der Waals surface area contributed by atoms with Crippen molar-refractivity contribution in [3.8, 4) is 23.0 Å². The van der Waals surface area contributed by atoms with Gasteiger partial charge in [-0.2, -0.15) is 0 Å². The summed E-state index contributed by atoms with van der Waals surface area (Å²) in [6, 6.07) is 29.8. The predicted molar refractivity (Wildman–Crippen MR) is 271 cm³/mol. The van der Waals surface area contributed by atoms with Gasteiger partial charge in [-0.05, 0) is 171 Å². The van der Waals surface area contributed by atoms with Crippen LogP contribution in [0, 0.1) is 67.2 Å². The Labute approximate surface area is 403 Å². The van der Waals surface area contributed by atoms with Crippen molar-refractivity contribution in [1.82, 2.24) is 0 Å². The number of benzene rings is 6. The Morgan fingerprint density at radius 3 is 0.926 bits per heavy atom. The number of ketones is 1. The van der Waals surface area contributed by atoms with E-state index < -0.39 is 23.3 Å². The van der Waals surface area contributed by atoms with Gasteiger partial charge in [-0.25, -0.2) is 14.4 Å². The molecule has 354 valence electrons. The second kappa shape index (κ2) is 19.8. The summed E-state index contributed by atoms with van der Waals surface area (Å²) in [6.45, 7) is 30.5. The van der Waals surface area contributed by atoms with Gasteiger partial charge in [0.05, 0.1) is 23.8 Å². The van der Waals surface area contributed by atoms with Crippen LogP contribution in [0.3, 0.4) is 0 Å². The van der Waals surface area contributed by atoms with E-state index in [0.717, 1.165) is 66.9 Å². The summed E-state index contributed by atoms with van der Waals surface area (Å²) in [5.74, 6) is 0.967. The van der Waals surface area contributed by atoms with Crippen molar-refractivity contribution in [1.29, 1.82) is 0 Å². The van der Waals surface area contributed by atoms with Crippen molar-refractivity contribution in [2.45, 2.75) is 115 Å². The van der Waals surface area contributed by atoms with Crippen LogP contribution in [0.25, 0.3) is 0 Å². The van der Waals surface area contributed by atoms with E-state index in [9.17, 15) is 19.2 Å². The van der Waals surface area contributed by atoms with Crippen molar-refractivity contribution < 1.29 is 38.1 Å². The molecule has 0 aromatic heterocycles. The van der Waals surface area contributed by atoms with Crippen LogP contribution in [0.1, 0.15) is 157 Å². The van der Waals surface area contributed by atoms with Gasteiger partial charge in [-0.3, -0.25) is 4.79 Å². The van der Waals surface area contributed by atoms with Crippen LogP contribution < -0.4 is 18.9 Å². The van der Waals surface area contributed by atoms with E-state index in [1.54, 1.807) is 49.6 Å². The number of carbonyl (C=O) groups excluding carboxylic acids is 4. The Hall–Kier alpha value is -6.80. The first kappa shape index (κ1) is 50.6. The predicted octanol–water partition coefficient (Wildman–Crippen LogP) is 13.9. The number of hydrogen-bond acceptors (Lipinski definition) is 8. The Bertz CT molecular complexity index is 2860. The summed E-state index contributed by atoms with van der Waals surface area (Å²) in [7, 11) is 1.70. The normalized spacial score (nSPS) is 13.1. The second-order valence-electron chi connectivity index (χ2n) is 19.6. The molecule has 0 amide bonds. The molecule has 6 aromatic carbocycles. The van der Waals surface area contributed by atoms with Gasteiger partial charge in [0.1, 0.15) is 23.0 Å². The van der Waals surface area contributed by atoms with Crippen molar-refractivity contribution in [2.24, 2.45) is 11.8 Å². The summed E-state index contributed by atoms with van der Waals surface area (Å²) in [5.41, 5.74) is 11.9. The minimum atomic E-state index is -0.593. The van der Waals surface area contributed by atoms with Crippen molar-refractivity contribution in [3.05, 3.63) is 186 Å². The fourth-order valence-corrected chi connectivity index (χ4v) is 9.54. The van der Waals surface area contributed by atoms with Gasteiger partial charge < -0.3 is 18.9 Å². The highest BCUT2D eigenvalue weighted by Gasteiger charge is 2.36. The van der Waals surface area contributed by atoms with E-state index in [0.29, 0.717) is 28.4 Å². The van der Waals surface area contributed by atoms with Crippen LogP contribution in [0.2, 0.25) is 0 Å². The van der Waals surface area contributed by atoms with Crippen LogP contribution in [0.4, 0.5) is 0 Å². The van der Waals surface area contributed by atoms with Gasteiger partial charge >= 0.3 is 17.9 Å². The van der Waals surface area contributed by atoms with Gasteiger partial charge in [0.25, 0.3) is 0 Å². The number of rotatable bonds is 14. The highest BCUT2D eigenvalue weighted by atomic mass is 16.5. The van der Waals surface area contributed by atoms with E-state index >= 15 is 0 Å². The number of carbonyl (C=O) groups is 4. The average molecular weight is 915 g/mol. The van der Waals surface area contributed by atoms with Gasteiger partial charge in [0, 0.05) is 16.4 Å². The zero-order chi connectivity index (χ0) is 50.2. The highest BCUT2D eigenvalue weighted by molar-refractivity contribution is 5.98. The zero-order valence-electron chi connectivity index (χ0n) is 42.7. The van der Waals surface area contributed by atoms with Gasteiger partial charge in [0.2, 0.25) is 0 Å². The monoisotopic (exact) mass is 914 g/mol. The smallest absolute Gasteiger partial charge is 0.343 e. The van der Waals surface area contributed by atoms with Crippen LogP contribution in [-0.4, -0.2) is 30.8 Å². The maximum Gasteiger partial charge on any atom is 0.343 e. The number of methoxy groups -OCH3 is 1. The summed E-state index contributed by atoms with van der Waals surface area (Å²) in [4.78, 5) is 52.5. The highest BCUT2D eigenvalue weighted by Crippen LogP contribution is 2.45. The molecular formula is C60H66O8. The fourth-order valence-electron chi connectivity index (χ4n) is 9.54. The quantitative estimate of drug-likeness (QED) is 0.0604. The number of Topliss-reactive ketones (excluding diaryl/α,β-unsaturated/α-hetero) is 1. The van der Waals surface area contributed by atoms with E-state index in [4.69, 9.17) is 18.9 Å². The summed E-state index contributed by atoms with van der Waals surface area (Å²) in [5, 5.41) is 0. The molecule has 0 spiro atoms. The lowest BCUT2D eigenvalue weighted by Crippen LogP contribution is -2.31. The van der Waals surface area contributed by atoms with E-state index in [-0.39, 0.29) is 34.2 Å². The topological polar surface area (TPSA) is 105 Å². The molecule has 8 nitrogen and oxygen atoms in total. The van der Waals surface area contributed by atoms with Crippen molar-refractivity contribution in [3.63, 3.8) is 0 Å². The van der Waals surface area contributed by atoms with Crippen molar-refractivity contribution in [2.75, 3.05) is 7.11 Å². The molecule has 0 N–H and O–H groups in total. The Kier molecular flexibility index (Phi) is 14.7. The van der Waals surface area contributed by atoms with Gasteiger partial charge in [0.15, 0.2) is 5.78 Å². The average Bonchev–Trinajstić information content (AvgIpc) is 3.28. The van der Waals surface area contributed by atoms with Crippen LogP contribution in [-0.2, 0) is 10.8 Å². The van der Waals surface area contributed by atoms with Gasteiger partial charge in [-0.15, -0.1) is 0 Å². The largest absolute Gasteiger partial charge is 0.496 e. The standard InChI is InChI=1S/C60H66O8/c1-33(2)59(14,48-24-35(5)52(65-16)36(6)25-48)49-28-39(9)54(40(10)29-49)67-57(63)46-18-17-19-47(32-46)58(64)68-55-41(11)30-51(31-42(55)12)60(15,34(3)4)50-26-37(7)53(38(8)27-50)66-56(62)45-22-20-44(21-23-45)43(13)61/h17-34H,1-16H3. The molecule has 0 heterocycles. The van der Waals surface area contributed by atoms with E-state index in [1.807, 2.05) is 41.5 Å². The first-order valence-electron chi connectivity index (χ1n) is 23.3. The Morgan fingerprint density at radius 2 is 0.662 bits per heavy atom. The molecule has 0 saturated heterocycles. The van der Waals surface area contributed by atoms with Crippen LogP contribution >= 0.6 is 0 Å². The molecule has 2 atom stereocenters. The zero-order valence-corrected chi connectivity index (χ0v) is 42.7. The molecule has 68 heavy (non-hydrogen) atoms. The summed E-state index contributed by atoms with van der Waals surface area (Å²) >= 11 is 0. The number of ether oxygens (including phenoxy) is 4. The third-order valence-electron chi connectivity index (χ3n) is 14.2. The minimum absolute atomic E-state index is 0.0752. The molecule has 8 heteroatoms. The summed E-state index contributed by atoms with van der Waals surface area (Å²) in [6.07, 6.45) is 0. The maximum absolute atomic E-state index is 13.8. The molecule has 0 saturated carbocycles. The fraction of sp³-hybridized carbons (Fsp3) is 0.333. The number of hydrogen-bond donors (Lipinski definition) is 0. The van der Waals surface area contributed by atoms with Crippen molar-refractivity contribution >= 4 is 23.7 Å². The van der Waals surface area contributed by atoms with Gasteiger partial charge in [-0.1, -0.05) is 108 Å². The SMILES string of the molecule is COc1c(C)cc(C(C)(c2cc(C)c(OC(=O)c3cccc(C(=O)Oc4c(C)cc(C(C)(c5cc(C)c(OC(=O)c6ccc(C(C)=O)cc6)c(C)c5)C(C)C)cc4C)c3)c(C)c2)C(C)C)cc1C. The molecule has 0 fully saturated rings. The lowest BCUT2D eigenvalue weighted by molar-refractivity contribution is 0.0719. The third-order valence-corrected chi connectivity index (χ3v) is 14.2. The molecule has 6 rings (SSSR count). The summed E-state index contributed by atoms with van der Waals surface area (Å²) < 4.78 is 23.8. The third kappa shape index (κ3) is 9.78. The Balaban J connectivity index is 1.21. The molecule has 0 aliphatic rings. The molecule has 0 aliphatic carbocycles. The first-order valence-corrected chi connectivity index (χ1v) is 23.3. The number of esters is 3. The lowest BCUT2D eigenvalue weighted by Gasteiger charge is -2.37. The molecule has 2 unspecified atom stereocenters. The molecule has 0 radical (unpaired) electrons. The molecule has 6 aromatic rings. The van der Waals surface area contributed by atoms with E-state index in [2.05, 4.69) is 104 Å². The lowest BCUT2D eigenvalue weighted by atomic mass is 9.67. The second-order valence-corrected chi connectivity index (χ2v) is 19.6. The van der Waals surface area contributed by atoms with E-state index in [1.165, 1.54) is 18.6 Å². The van der Waals surface area contributed by atoms with Crippen LogP contribution in [0.5, 0.6) is 23.0 Å². The minimum Gasteiger partial charge on any atom is -0.496 e. The molecular weight excluding hydrogens is 849 g/mol. The number of aryl methyl sites for hydroxylation is 8. The first-order chi connectivity index (χ1) is 31.9. The Morgan fingerprint density at radius 1 is 0.397 bits per heavy atom. The molecule has 0 aliphatic heterocycles. The van der Waals surface area contributed by atoms with Crippen LogP contribution in [0.15, 0.2) is 97.1 Å². The maximum atomic E-state index is 13.8.